The predicted molar refractivity (Wildman–Crippen MR) is 76.5 cm³/mol. The van der Waals surface area contributed by atoms with Gasteiger partial charge in [0.25, 0.3) is 0 Å². The Balaban J connectivity index is 2.11. The van der Waals surface area contributed by atoms with E-state index in [9.17, 15) is 14.3 Å². The zero-order valence-corrected chi connectivity index (χ0v) is 11.3. The molecule has 0 saturated carbocycles. The number of aliphatic hydroxyl groups is 1. The Kier molecular flexibility index (Phi) is 5.03. The highest BCUT2D eigenvalue weighted by Gasteiger charge is 2.12. The van der Waals surface area contributed by atoms with Crippen LogP contribution < -0.4 is 5.32 Å². The van der Waals surface area contributed by atoms with Crippen LogP contribution in [0.3, 0.4) is 0 Å². The molecule has 2 aromatic rings. The molecule has 0 heterocycles. The Morgan fingerprint density at radius 2 is 1.90 bits per heavy atom. The van der Waals surface area contributed by atoms with Crippen LogP contribution in [0.1, 0.15) is 27.5 Å². The van der Waals surface area contributed by atoms with Crippen molar-refractivity contribution in [2.75, 3.05) is 6.61 Å². The van der Waals surface area contributed by atoms with Gasteiger partial charge >= 0.3 is 5.97 Å². The number of nitrogens with one attached hydrogen (secondary N) is 1. The fourth-order valence-corrected chi connectivity index (χ4v) is 2.05. The van der Waals surface area contributed by atoms with Crippen molar-refractivity contribution < 1.29 is 19.4 Å². The van der Waals surface area contributed by atoms with Crippen molar-refractivity contribution in [3.05, 3.63) is 71.0 Å². The number of aliphatic hydroxyl groups excluding tert-OH is 1. The Bertz CT molecular complexity index is 616. The summed E-state index contributed by atoms with van der Waals surface area (Å²) in [5, 5.41) is 21.4. The molecule has 0 spiro atoms. The molecule has 2 rings (SSSR count). The van der Waals surface area contributed by atoms with Crippen molar-refractivity contribution in [3.8, 4) is 0 Å². The summed E-state index contributed by atoms with van der Waals surface area (Å²) in [5.74, 6) is -1.57. The largest absolute Gasteiger partial charge is 0.478 e. The molecular weight excluding hydrogens is 273 g/mol. The summed E-state index contributed by atoms with van der Waals surface area (Å²) in [6.07, 6.45) is 0. The Hall–Kier alpha value is -2.24. The van der Waals surface area contributed by atoms with Crippen LogP contribution in [0.2, 0.25) is 0 Å². The van der Waals surface area contributed by atoms with Crippen molar-refractivity contribution in [1.29, 1.82) is 0 Å². The lowest BCUT2D eigenvalue weighted by atomic mass is 10.1. The first-order valence-corrected chi connectivity index (χ1v) is 6.52. The number of benzene rings is 2. The quantitative estimate of drug-likeness (QED) is 0.763. The normalized spacial score (nSPS) is 12.1. The highest BCUT2D eigenvalue weighted by Crippen LogP contribution is 2.15. The molecule has 0 fully saturated rings. The molecule has 2 aromatic carbocycles. The molecule has 0 radical (unpaired) electrons. The highest BCUT2D eigenvalue weighted by molar-refractivity contribution is 5.87. The van der Waals surface area contributed by atoms with Crippen molar-refractivity contribution in [2.45, 2.75) is 12.6 Å². The van der Waals surface area contributed by atoms with Crippen LogP contribution in [0.25, 0.3) is 0 Å². The van der Waals surface area contributed by atoms with E-state index in [1.54, 1.807) is 0 Å². The number of aromatic carboxylic acids is 1. The molecule has 0 aliphatic rings. The third-order valence-corrected chi connectivity index (χ3v) is 3.22. The number of hydrogen-bond donors (Lipinski definition) is 3. The van der Waals surface area contributed by atoms with E-state index >= 15 is 0 Å². The minimum Gasteiger partial charge on any atom is -0.478 e. The van der Waals surface area contributed by atoms with Crippen LogP contribution in [0.15, 0.2) is 48.5 Å². The SMILES string of the molecule is O=C(O)c1ccc(F)c(CNC(CO)c2ccccc2)c1. The Morgan fingerprint density at radius 1 is 1.19 bits per heavy atom. The average molecular weight is 289 g/mol. The number of carboxylic acid groups (broad SMARTS) is 1. The molecular formula is C16H16FNO3. The lowest BCUT2D eigenvalue weighted by Gasteiger charge is -2.17. The molecule has 0 saturated heterocycles. The molecule has 21 heavy (non-hydrogen) atoms. The van der Waals surface area contributed by atoms with Gasteiger partial charge in [-0.3, -0.25) is 0 Å². The summed E-state index contributed by atoms with van der Waals surface area (Å²) in [6.45, 7) is -0.00265. The average Bonchev–Trinajstić information content (AvgIpc) is 2.50. The molecule has 110 valence electrons. The first kappa shape index (κ1) is 15.2. The van der Waals surface area contributed by atoms with Crippen molar-refractivity contribution >= 4 is 5.97 Å². The maximum Gasteiger partial charge on any atom is 0.335 e. The van der Waals surface area contributed by atoms with E-state index < -0.39 is 11.8 Å². The molecule has 4 nitrogen and oxygen atoms in total. The third-order valence-electron chi connectivity index (χ3n) is 3.22. The predicted octanol–water partition coefficient (Wildman–Crippen LogP) is 2.35. The van der Waals surface area contributed by atoms with E-state index in [1.165, 1.54) is 12.1 Å². The number of rotatable bonds is 6. The van der Waals surface area contributed by atoms with E-state index in [2.05, 4.69) is 5.32 Å². The highest BCUT2D eigenvalue weighted by atomic mass is 19.1. The monoisotopic (exact) mass is 289 g/mol. The zero-order valence-electron chi connectivity index (χ0n) is 11.3. The van der Waals surface area contributed by atoms with Gasteiger partial charge in [0.2, 0.25) is 0 Å². The minimum absolute atomic E-state index is 0.0356. The van der Waals surface area contributed by atoms with Crippen molar-refractivity contribution in [1.82, 2.24) is 5.32 Å². The van der Waals surface area contributed by atoms with Crippen LogP contribution in [0, 0.1) is 5.82 Å². The number of carboxylic acids is 1. The second kappa shape index (κ2) is 6.97. The van der Waals surface area contributed by atoms with Crippen LogP contribution in [0.4, 0.5) is 4.39 Å². The van der Waals surface area contributed by atoms with Gasteiger partial charge in [-0.05, 0) is 23.8 Å². The summed E-state index contributed by atoms with van der Waals surface area (Å²) in [5.41, 5.74) is 1.17. The second-order valence-corrected chi connectivity index (χ2v) is 4.64. The lowest BCUT2D eigenvalue weighted by molar-refractivity contribution is 0.0696. The summed E-state index contributed by atoms with van der Waals surface area (Å²) < 4.78 is 13.7. The molecule has 1 atom stereocenters. The molecule has 1 unspecified atom stereocenters. The van der Waals surface area contributed by atoms with E-state index in [-0.39, 0.29) is 30.3 Å². The topological polar surface area (TPSA) is 69.6 Å². The zero-order chi connectivity index (χ0) is 15.2. The fourth-order valence-electron chi connectivity index (χ4n) is 2.05. The Morgan fingerprint density at radius 3 is 2.52 bits per heavy atom. The number of hydrogen-bond acceptors (Lipinski definition) is 3. The van der Waals surface area contributed by atoms with Gasteiger partial charge in [0.05, 0.1) is 18.2 Å². The molecule has 0 amide bonds. The molecule has 0 aliphatic carbocycles. The molecule has 5 heteroatoms. The first-order valence-electron chi connectivity index (χ1n) is 6.52. The van der Waals surface area contributed by atoms with E-state index in [1.807, 2.05) is 30.3 Å². The van der Waals surface area contributed by atoms with Gasteiger partial charge < -0.3 is 15.5 Å². The molecule has 3 N–H and O–H groups in total. The lowest BCUT2D eigenvalue weighted by Crippen LogP contribution is -2.24. The summed E-state index contributed by atoms with van der Waals surface area (Å²) in [4.78, 5) is 10.9. The van der Waals surface area contributed by atoms with Crippen LogP contribution in [0.5, 0.6) is 0 Å². The van der Waals surface area contributed by atoms with Crippen molar-refractivity contribution in [2.24, 2.45) is 0 Å². The molecule has 0 aliphatic heterocycles. The summed E-state index contributed by atoms with van der Waals surface area (Å²) in [7, 11) is 0. The van der Waals surface area contributed by atoms with Gasteiger partial charge in [0.1, 0.15) is 5.82 Å². The van der Waals surface area contributed by atoms with E-state index in [4.69, 9.17) is 5.11 Å². The second-order valence-electron chi connectivity index (χ2n) is 4.64. The van der Waals surface area contributed by atoms with Gasteiger partial charge in [0, 0.05) is 12.1 Å². The van der Waals surface area contributed by atoms with Gasteiger partial charge in [-0.1, -0.05) is 30.3 Å². The van der Waals surface area contributed by atoms with E-state index in [0.717, 1.165) is 11.6 Å². The third kappa shape index (κ3) is 3.87. The molecule has 0 bridgehead atoms. The molecule has 0 aromatic heterocycles. The first-order chi connectivity index (χ1) is 10.1. The van der Waals surface area contributed by atoms with Gasteiger partial charge in [0.15, 0.2) is 0 Å². The maximum atomic E-state index is 13.7. The summed E-state index contributed by atoms with van der Waals surface area (Å²) >= 11 is 0. The smallest absolute Gasteiger partial charge is 0.335 e. The fraction of sp³-hybridized carbons (Fsp3) is 0.188. The van der Waals surface area contributed by atoms with Crippen molar-refractivity contribution in [3.63, 3.8) is 0 Å². The standard InChI is InChI=1S/C16H16FNO3/c17-14-7-6-12(16(20)21)8-13(14)9-18-15(10-19)11-4-2-1-3-5-11/h1-8,15,18-19H,9-10H2,(H,20,21). The van der Waals surface area contributed by atoms with Gasteiger partial charge in [-0.25, -0.2) is 9.18 Å². The minimum atomic E-state index is -1.10. The maximum absolute atomic E-state index is 13.7. The Labute approximate surface area is 121 Å². The number of halogens is 1. The van der Waals surface area contributed by atoms with Gasteiger partial charge in [-0.2, -0.15) is 0 Å². The van der Waals surface area contributed by atoms with Crippen LogP contribution in [-0.2, 0) is 6.54 Å². The van der Waals surface area contributed by atoms with E-state index in [0.29, 0.717) is 0 Å². The summed E-state index contributed by atoms with van der Waals surface area (Å²) in [6, 6.07) is 12.6. The van der Waals surface area contributed by atoms with Crippen LogP contribution in [-0.4, -0.2) is 22.8 Å². The van der Waals surface area contributed by atoms with Gasteiger partial charge in [-0.15, -0.1) is 0 Å². The number of carbonyl (C=O) groups is 1. The van der Waals surface area contributed by atoms with Crippen LogP contribution >= 0.6 is 0 Å².